The van der Waals surface area contributed by atoms with Crippen LogP contribution in [0.3, 0.4) is 0 Å². The SMILES string of the molecule is COCCCN(C)Cc1ccoc1CNC(C)C. The molecule has 0 aromatic carbocycles. The first-order valence-corrected chi connectivity index (χ1v) is 6.59. The molecule has 0 spiro atoms. The highest BCUT2D eigenvalue weighted by Crippen LogP contribution is 2.13. The van der Waals surface area contributed by atoms with Gasteiger partial charge in [0.2, 0.25) is 0 Å². The summed E-state index contributed by atoms with van der Waals surface area (Å²) in [6, 6.07) is 2.53. The average molecular weight is 254 g/mol. The van der Waals surface area contributed by atoms with Crippen molar-refractivity contribution in [3.8, 4) is 0 Å². The molecule has 0 aliphatic carbocycles. The van der Waals surface area contributed by atoms with Gasteiger partial charge in [-0.15, -0.1) is 0 Å². The Hall–Kier alpha value is -0.840. The van der Waals surface area contributed by atoms with Gasteiger partial charge in [-0.05, 0) is 19.5 Å². The predicted octanol–water partition coefficient (Wildman–Crippen LogP) is 2.25. The second-order valence-corrected chi connectivity index (χ2v) is 4.99. The molecule has 4 heteroatoms. The first-order chi connectivity index (χ1) is 8.63. The van der Waals surface area contributed by atoms with Crippen molar-refractivity contribution in [1.82, 2.24) is 10.2 Å². The van der Waals surface area contributed by atoms with Crippen molar-refractivity contribution in [1.29, 1.82) is 0 Å². The summed E-state index contributed by atoms with van der Waals surface area (Å²) >= 11 is 0. The summed E-state index contributed by atoms with van der Waals surface area (Å²) in [7, 11) is 3.87. The van der Waals surface area contributed by atoms with E-state index in [1.165, 1.54) is 5.56 Å². The number of hydrogen-bond acceptors (Lipinski definition) is 4. The van der Waals surface area contributed by atoms with Crippen LogP contribution in [0.25, 0.3) is 0 Å². The molecule has 18 heavy (non-hydrogen) atoms. The van der Waals surface area contributed by atoms with Gasteiger partial charge in [-0.25, -0.2) is 0 Å². The fourth-order valence-corrected chi connectivity index (χ4v) is 1.81. The van der Waals surface area contributed by atoms with E-state index in [1.54, 1.807) is 13.4 Å². The highest BCUT2D eigenvalue weighted by molar-refractivity contribution is 5.16. The summed E-state index contributed by atoms with van der Waals surface area (Å²) in [6.45, 7) is 7.85. The van der Waals surface area contributed by atoms with Gasteiger partial charge in [0.25, 0.3) is 0 Å². The second kappa shape index (κ2) is 8.29. The fraction of sp³-hybridized carbons (Fsp3) is 0.714. The Labute approximate surface area is 110 Å². The molecule has 0 saturated carbocycles. The zero-order chi connectivity index (χ0) is 13.4. The summed E-state index contributed by atoms with van der Waals surface area (Å²) in [5.74, 6) is 1.04. The van der Waals surface area contributed by atoms with Gasteiger partial charge in [0.15, 0.2) is 0 Å². The molecule has 0 aliphatic rings. The molecule has 1 aromatic rings. The van der Waals surface area contributed by atoms with Crippen molar-refractivity contribution in [2.75, 3.05) is 27.3 Å². The third kappa shape index (κ3) is 5.67. The van der Waals surface area contributed by atoms with Crippen molar-refractivity contribution in [3.63, 3.8) is 0 Å². The Morgan fingerprint density at radius 2 is 2.22 bits per heavy atom. The molecule has 0 amide bonds. The molecule has 0 unspecified atom stereocenters. The zero-order valence-corrected chi connectivity index (χ0v) is 12.0. The van der Waals surface area contributed by atoms with Gasteiger partial charge in [0, 0.05) is 38.4 Å². The van der Waals surface area contributed by atoms with Crippen LogP contribution in [0.2, 0.25) is 0 Å². The van der Waals surface area contributed by atoms with E-state index in [-0.39, 0.29) is 0 Å². The van der Waals surface area contributed by atoms with Crippen LogP contribution in [0.5, 0.6) is 0 Å². The summed E-state index contributed by atoms with van der Waals surface area (Å²) in [5.41, 5.74) is 1.27. The average Bonchev–Trinajstić information content (AvgIpc) is 2.74. The maximum absolute atomic E-state index is 5.53. The van der Waals surface area contributed by atoms with E-state index in [4.69, 9.17) is 9.15 Å². The second-order valence-electron chi connectivity index (χ2n) is 4.99. The molecular weight excluding hydrogens is 228 g/mol. The van der Waals surface area contributed by atoms with E-state index in [0.29, 0.717) is 6.04 Å². The van der Waals surface area contributed by atoms with Crippen molar-refractivity contribution in [2.24, 2.45) is 0 Å². The Kier molecular flexibility index (Phi) is 7.01. The third-order valence-corrected chi connectivity index (χ3v) is 2.84. The van der Waals surface area contributed by atoms with Gasteiger partial charge in [-0.3, -0.25) is 0 Å². The van der Waals surface area contributed by atoms with E-state index in [9.17, 15) is 0 Å². The lowest BCUT2D eigenvalue weighted by Crippen LogP contribution is -2.24. The van der Waals surface area contributed by atoms with E-state index < -0.39 is 0 Å². The highest BCUT2D eigenvalue weighted by atomic mass is 16.5. The van der Waals surface area contributed by atoms with Crippen molar-refractivity contribution < 1.29 is 9.15 Å². The molecule has 0 fully saturated rings. The van der Waals surface area contributed by atoms with Crippen LogP contribution in [0.15, 0.2) is 16.7 Å². The van der Waals surface area contributed by atoms with Crippen LogP contribution in [0.1, 0.15) is 31.6 Å². The first-order valence-electron chi connectivity index (χ1n) is 6.59. The van der Waals surface area contributed by atoms with Crippen molar-refractivity contribution in [2.45, 2.75) is 39.4 Å². The molecule has 0 bridgehead atoms. The number of furan rings is 1. The number of methoxy groups -OCH3 is 1. The minimum atomic E-state index is 0.474. The van der Waals surface area contributed by atoms with E-state index in [2.05, 4.69) is 37.2 Å². The van der Waals surface area contributed by atoms with Gasteiger partial charge in [-0.2, -0.15) is 0 Å². The summed E-state index contributed by atoms with van der Waals surface area (Å²) in [6.07, 6.45) is 2.83. The fourth-order valence-electron chi connectivity index (χ4n) is 1.81. The molecule has 0 radical (unpaired) electrons. The maximum Gasteiger partial charge on any atom is 0.122 e. The van der Waals surface area contributed by atoms with Crippen LogP contribution in [-0.2, 0) is 17.8 Å². The molecule has 104 valence electrons. The smallest absolute Gasteiger partial charge is 0.122 e. The third-order valence-electron chi connectivity index (χ3n) is 2.84. The van der Waals surface area contributed by atoms with Crippen LogP contribution >= 0.6 is 0 Å². The monoisotopic (exact) mass is 254 g/mol. The number of rotatable bonds is 9. The summed E-state index contributed by atoms with van der Waals surface area (Å²) < 4.78 is 10.6. The Morgan fingerprint density at radius 3 is 2.89 bits per heavy atom. The van der Waals surface area contributed by atoms with Gasteiger partial charge < -0.3 is 19.4 Å². The highest BCUT2D eigenvalue weighted by Gasteiger charge is 2.09. The van der Waals surface area contributed by atoms with Crippen LogP contribution in [0, 0.1) is 0 Å². The Morgan fingerprint density at radius 1 is 1.44 bits per heavy atom. The van der Waals surface area contributed by atoms with Crippen LogP contribution in [-0.4, -0.2) is 38.3 Å². The van der Waals surface area contributed by atoms with E-state index >= 15 is 0 Å². The van der Waals surface area contributed by atoms with Crippen molar-refractivity contribution in [3.05, 3.63) is 23.7 Å². The van der Waals surface area contributed by atoms with E-state index in [1.807, 2.05) is 0 Å². The lowest BCUT2D eigenvalue weighted by atomic mass is 10.2. The minimum Gasteiger partial charge on any atom is -0.468 e. The number of ether oxygens (including phenoxy) is 1. The predicted molar refractivity (Wildman–Crippen MR) is 73.5 cm³/mol. The van der Waals surface area contributed by atoms with Gasteiger partial charge in [0.1, 0.15) is 5.76 Å². The summed E-state index contributed by atoms with van der Waals surface area (Å²) in [4.78, 5) is 2.29. The molecular formula is C14H26N2O2. The van der Waals surface area contributed by atoms with Gasteiger partial charge >= 0.3 is 0 Å². The number of hydrogen-bond donors (Lipinski definition) is 1. The number of nitrogens with zero attached hydrogens (tertiary/aromatic N) is 1. The normalized spacial score (nSPS) is 11.7. The Bertz CT molecular complexity index is 323. The van der Waals surface area contributed by atoms with E-state index in [0.717, 1.165) is 38.4 Å². The molecule has 0 atom stereocenters. The van der Waals surface area contributed by atoms with Gasteiger partial charge in [0.05, 0.1) is 12.8 Å². The number of nitrogens with one attached hydrogen (secondary N) is 1. The van der Waals surface area contributed by atoms with Crippen molar-refractivity contribution >= 4 is 0 Å². The molecule has 1 heterocycles. The maximum atomic E-state index is 5.53. The molecule has 0 saturated heterocycles. The zero-order valence-electron chi connectivity index (χ0n) is 12.0. The molecule has 4 nitrogen and oxygen atoms in total. The quantitative estimate of drug-likeness (QED) is 0.686. The van der Waals surface area contributed by atoms with Gasteiger partial charge in [-0.1, -0.05) is 13.8 Å². The molecule has 0 aliphatic heterocycles. The first kappa shape index (κ1) is 15.2. The lowest BCUT2D eigenvalue weighted by molar-refractivity contribution is 0.178. The molecule has 1 aromatic heterocycles. The Balaban J connectivity index is 2.38. The summed E-state index contributed by atoms with van der Waals surface area (Å²) in [5, 5.41) is 3.38. The standard InChI is InChI=1S/C14H26N2O2/c1-12(2)15-10-14-13(6-9-18-14)11-16(3)7-5-8-17-4/h6,9,12,15H,5,7-8,10-11H2,1-4H3. The van der Waals surface area contributed by atoms with Crippen LogP contribution < -0.4 is 5.32 Å². The molecule has 1 rings (SSSR count). The minimum absolute atomic E-state index is 0.474. The molecule has 1 N–H and O–H groups in total. The van der Waals surface area contributed by atoms with Crippen LogP contribution in [0.4, 0.5) is 0 Å². The topological polar surface area (TPSA) is 37.6 Å². The lowest BCUT2D eigenvalue weighted by Gasteiger charge is -2.16. The largest absolute Gasteiger partial charge is 0.468 e.